The molecule has 22 heavy (non-hydrogen) atoms. The van der Waals surface area contributed by atoms with Crippen LogP contribution in [0.5, 0.6) is 5.75 Å². The Morgan fingerprint density at radius 3 is 2.59 bits per heavy atom. The number of methoxy groups -OCH3 is 1. The third kappa shape index (κ3) is 4.00. The molecule has 0 radical (unpaired) electrons. The van der Waals surface area contributed by atoms with E-state index in [4.69, 9.17) is 16.3 Å². The van der Waals surface area contributed by atoms with E-state index in [2.05, 4.69) is 5.32 Å². The Balaban J connectivity index is 2.12. The first-order valence-electron chi connectivity index (χ1n) is 6.83. The molecule has 4 nitrogen and oxygen atoms in total. The second-order valence-electron chi connectivity index (χ2n) is 5.21. The highest BCUT2D eigenvalue weighted by Crippen LogP contribution is 2.29. The summed E-state index contributed by atoms with van der Waals surface area (Å²) < 4.78 is 5.18. The number of rotatable bonds is 5. The number of ether oxygens (including phenoxy) is 1. The molecule has 0 fully saturated rings. The first-order valence-corrected chi connectivity index (χ1v) is 7.21. The fourth-order valence-corrected chi connectivity index (χ4v) is 2.36. The van der Waals surface area contributed by atoms with Gasteiger partial charge in [-0.2, -0.15) is 0 Å². The number of benzene rings is 2. The van der Waals surface area contributed by atoms with Gasteiger partial charge < -0.3 is 15.2 Å². The Hall–Kier alpha value is -2.04. The predicted molar refractivity (Wildman–Crippen MR) is 87.3 cm³/mol. The lowest BCUT2D eigenvalue weighted by Crippen LogP contribution is -2.28. The van der Waals surface area contributed by atoms with Crippen molar-refractivity contribution in [1.29, 1.82) is 0 Å². The number of aliphatic hydroxyl groups is 1. The average molecular weight is 320 g/mol. The van der Waals surface area contributed by atoms with Crippen LogP contribution in [0, 0.1) is 0 Å². The van der Waals surface area contributed by atoms with Gasteiger partial charge in [0.2, 0.25) is 5.91 Å². The molecule has 2 rings (SSSR count). The summed E-state index contributed by atoms with van der Waals surface area (Å²) in [4.78, 5) is 12.2. The maximum Gasteiger partial charge on any atom is 0.227 e. The van der Waals surface area contributed by atoms with Gasteiger partial charge in [0, 0.05) is 5.02 Å². The van der Waals surface area contributed by atoms with E-state index in [-0.39, 0.29) is 12.3 Å². The molecule has 0 aliphatic carbocycles. The van der Waals surface area contributed by atoms with E-state index in [1.165, 1.54) is 7.11 Å². The van der Waals surface area contributed by atoms with Crippen LogP contribution in [-0.2, 0) is 10.4 Å². The van der Waals surface area contributed by atoms with Crippen LogP contribution >= 0.6 is 11.6 Å². The second-order valence-corrected chi connectivity index (χ2v) is 5.65. The van der Waals surface area contributed by atoms with Gasteiger partial charge in [0.05, 0.1) is 24.8 Å². The molecular weight excluding hydrogens is 302 g/mol. The molecule has 2 aromatic carbocycles. The summed E-state index contributed by atoms with van der Waals surface area (Å²) in [6.45, 7) is 1.61. The molecule has 1 amide bonds. The molecule has 0 saturated carbocycles. The average Bonchev–Trinajstić information content (AvgIpc) is 2.48. The maximum atomic E-state index is 12.2. The number of hydrogen-bond donors (Lipinski definition) is 2. The number of carbonyl (C=O) groups excluding carboxylic acids is 1. The highest BCUT2D eigenvalue weighted by atomic mass is 35.5. The van der Waals surface area contributed by atoms with Crippen molar-refractivity contribution in [3.63, 3.8) is 0 Å². The molecule has 0 spiro atoms. The van der Waals surface area contributed by atoms with Gasteiger partial charge >= 0.3 is 0 Å². The van der Waals surface area contributed by atoms with Gasteiger partial charge in [-0.15, -0.1) is 0 Å². The summed E-state index contributed by atoms with van der Waals surface area (Å²) >= 11 is 5.93. The molecule has 0 aromatic heterocycles. The summed E-state index contributed by atoms with van der Waals surface area (Å²) in [5.41, 5.74) is -0.0935. The Morgan fingerprint density at radius 1 is 1.27 bits per heavy atom. The van der Waals surface area contributed by atoms with Crippen molar-refractivity contribution < 1.29 is 14.6 Å². The molecule has 0 bridgehead atoms. The second kappa shape index (κ2) is 6.81. The van der Waals surface area contributed by atoms with Gasteiger partial charge in [0.25, 0.3) is 0 Å². The quantitative estimate of drug-likeness (QED) is 0.885. The zero-order valence-electron chi connectivity index (χ0n) is 12.5. The molecule has 2 N–H and O–H groups in total. The van der Waals surface area contributed by atoms with Crippen molar-refractivity contribution in [2.75, 3.05) is 12.4 Å². The van der Waals surface area contributed by atoms with Crippen LogP contribution in [0.25, 0.3) is 0 Å². The number of nitrogens with one attached hydrogen (secondary N) is 1. The Bertz CT molecular complexity index is 656. The van der Waals surface area contributed by atoms with Gasteiger partial charge in [0.15, 0.2) is 0 Å². The lowest BCUT2D eigenvalue weighted by molar-refractivity contribution is -0.120. The van der Waals surface area contributed by atoms with E-state index in [9.17, 15) is 9.90 Å². The molecular formula is C17H18ClNO3. The van der Waals surface area contributed by atoms with Gasteiger partial charge in [-0.3, -0.25) is 4.79 Å². The van der Waals surface area contributed by atoms with Crippen molar-refractivity contribution in [3.8, 4) is 5.75 Å². The molecule has 0 aliphatic rings. The van der Waals surface area contributed by atoms with Gasteiger partial charge in [-0.05, 0) is 30.7 Å². The predicted octanol–water partition coefficient (Wildman–Crippen LogP) is 3.58. The highest BCUT2D eigenvalue weighted by molar-refractivity contribution is 6.31. The number of amides is 1. The van der Waals surface area contributed by atoms with Crippen molar-refractivity contribution in [2.45, 2.75) is 18.9 Å². The molecule has 2 aromatic rings. The molecule has 0 saturated heterocycles. The van der Waals surface area contributed by atoms with Gasteiger partial charge in [0.1, 0.15) is 5.75 Å². The molecule has 1 unspecified atom stereocenters. The molecule has 5 heteroatoms. The van der Waals surface area contributed by atoms with Crippen LogP contribution in [0.15, 0.2) is 48.5 Å². The topological polar surface area (TPSA) is 58.6 Å². The van der Waals surface area contributed by atoms with Crippen LogP contribution in [0.2, 0.25) is 5.02 Å². The van der Waals surface area contributed by atoms with Gasteiger partial charge in [-0.25, -0.2) is 0 Å². The van der Waals surface area contributed by atoms with E-state index >= 15 is 0 Å². The fourth-order valence-electron chi connectivity index (χ4n) is 2.18. The SMILES string of the molecule is COc1ccc(Cl)cc1NC(=O)CC(C)(O)c1ccccc1. The Morgan fingerprint density at radius 2 is 1.95 bits per heavy atom. The van der Waals surface area contributed by atoms with E-state index in [0.717, 1.165) is 0 Å². The minimum Gasteiger partial charge on any atom is -0.495 e. The van der Waals surface area contributed by atoms with Crippen molar-refractivity contribution in [1.82, 2.24) is 0 Å². The normalized spacial score (nSPS) is 13.3. The summed E-state index contributed by atoms with van der Waals surface area (Å²) in [6, 6.07) is 14.0. The molecule has 0 heterocycles. The van der Waals surface area contributed by atoms with E-state index in [1.54, 1.807) is 37.3 Å². The maximum absolute atomic E-state index is 12.2. The standard InChI is InChI=1S/C17H18ClNO3/c1-17(21,12-6-4-3-5-7-12)11-16(20)19-14-10-13(18)8-9-15(14)22-2/h3-10,21H,11H2,1-2H3,(H,19,20). The summed E-state index contributed by atoms with van der Waals surface area (Å²) in [5, 5.41) is 13.7. The monoisotopic (exact) mass is 319 g/mol. The zero-order chi connectivity index (χ0) is 16.2. The van der Waals surface area contributed by atoms with Crippen LogP contribution in [0.1, 0.15) is 18.9 Å². The van der Waals surface area contributed by atoms with E-state index in [1.807, 2.05) is 18.2 Å². The molecule has 1 atom stereocenters. The lowest BCUT2D eigenvalue weighted by atomic mass is 9.92. The number of hydrogen-bond acceptors (Lipinski definition) is 3. The van der Waals surface area contributed by atoms with E-state index in [0.29, 0.717) is 22.0 Å². The van der Waals surface area contributed by atoms with Crippen molar-refractivity contribution >= 4 is 23.2 Å². The van der Waals surface area contributed by atoms with Crippen LogP contribution in [0.3, 0.4) is 0 Å². The minimum atomic E-state index is -1.25. The van der Waals surface area contributed by atoms with Crippen molar-refractivity contribution in [2.24, 2.45) is 0 Å². The van der Waals surface area contributed by atoms with E-state index < -0.39 is 5.60 Å². The highest BCUT2D eigenvalue weighted by Gasteiger charge is 2.26. The third-order valence-electron chi connectivity index (χ3n) is 3.34. The molecule has 0 aliphatic heterocycles. The Labute approximate surface area is 134 Å². The third-order valence-corrected chi connectivity index (χ3v) is 3.57. The van der Waals surface area contributed by atoms with Crippen LogP contribution in [0.4, 0.5) is 5.69 Å². The smallest absolute Gasteiger partial charge is 0.227 e. The molecule has 116 valence electrons. The largest absolute Gasteiger partial charge is 0.495 e. The number of halogens is 1. The number of carbonyl (C=O) groups is 1. The van der Waals surface area contributed by atoms with Crippen LogP contribution in [-0.4, -0.2) is 18.1 Å². The summed E-state index contributed by atoms with van der Waals surface area (Å²) in [6.07, 6.45) is -0.0767. The first kappa shape index (κ1) is 16.3. The van der Waals surface area contributed by atoms with Crippen LogP contribution < -0.4 is 10.1 Å². The Kier molecular flexibility index (Phi) is 5.06. The minimum absolute atomic E-state index is 0.0767. The summed E-state index contributed by atoms with van der Waals surface area (Å²) in [5.74, 6) is 0.187. The van der Waals surface area contributed by atoms with Crippen molar-refractivity contribution in [3.05, 3.63) is 59.1 Å². The lowest BCUT2D eigenvalue weighted by Gasteiger charge is -2.23. The van der Waals surface area contributed by atoms with Gasteiger partial charge in [-0.1, -0.05) is 41.9 Å². The fraction of sp³-hybridized carbons (Fsp3) is 0.235. The number of anilines is 1. The zero-order valence-corrected chi connectivity index (χ0v) is 13.2. The first-order chi connectivity index (χ1) is 10.4. The summed E-state index contributed by atoms with van der Waals surface area (Å²) in [7, 11) is 1.51.